The van der Waals surface area contributed by atoms with E-state index in [1.807, 2.05) is 16.6 Å². The number of rotatable bonds is 3. The SMILES string of the molecule is Cc1cccc2nc(N(C)CC3CCNCC3)nn12. The van der Waals surface area contributed by atoms with Crippen molar-refractivity contribution in [2.75, 3.05) is 31.6 Å². The van der Waals surface area contributed by atoms with Crippen LogP contribution in [-0.4, -0.2) is 41.3 Å². The smallest absolute Gasteiger partial charge is 0.245 e. The van der Waals surface area contributed by atoms with Crippen LogP contribution in [0, 0.1) is 12.8 Å². The molecular formula is C14H21N5. The Kier molecular flexibility index (Phi) is 3.38. The number of nitrogens with one attached hydrogen (secondary N) is 1. The van der Waals surface area contributed by atoms with E-state index in [0.717, 1.165) is 42.8 Å². The fourth-order valence-corrected chi connectivity index (χ4v) is 2.72. The van der Waals surface area contributed by atoms with Crippen LogP contribution in [0.15, 0.2) is 18.2 Å². The van der Waals surface area contributed by atoms with Gasteiger partial charge in [0.1, 0.15) is 0 Å². The van der Waals surface area contributed by atoms with Gasteiger partial charge in [0, 0.05) is 19.3 Å². The number of hydrogen-bond acceptors (Lipinski definition) is 4. The fourth-order valence-electron chi connectivity index (χ4n) is 2.72. The molecule has 5 heteroatoms. The molecule has 3 heterocycles. The first-order valence-electron chi connectivity index (χ1n) is 6.98. The summed E-state index contributed by atoms with van der Waals surface area (Å²) in [5.74, 6) is 1.58. The molecule has 1 fully saturated rings. The highest BCUT2D eigenvalue weighted by Crippen LogP contribution is 2.17. The van der Waals surface area contributed by atoms with Gasteiger partial charge in [0.15, 0.2) is 5.65 Å². The summed E-state index contributed by atoms with van der Waals surface area (Å²) in [5.41, 5.74) is 2.04. The molecule has 0 unspecified atom stereocenters. The lowest BCUT2D eigenvalue weighted by Crippen LogP contribution is -2.34. The normalized spacial score (nSPS) is 16.9. The van der Waals surface area contributed by atoms with E-state index in [2.05, 4.69) is 40.3 Å². The van der Waals surface area contributed by atoms with Crippen LogP contribution < -0.4 is 10.2 Å². The quantitative estimate of drug-likeness (QED) is 0.907. The summed E-state index contributed by atoms with van der Waals surface area (Å²) in [6, 6.07) is 6.08. The Labute approximate surface area is 113 Å². The van der Waals surface area contributed by atoms with E-state index in [-0.39, 0.29) is 0 Å². The summed E-state index contributed by atoms with van der Waals surface area (Å²) >= 11 is 0. The maximum atomic E-state index is 4.60. The van der Waals surface area contributed by atoms with Crippen molar-refractivity contribution in [1.29, 1.82) is 0 Å². The van der Waals surface area contributed by atoms with Crippen molar-refractivity contribution >= 4 is 11.6 Å². The summed E-state index contributed by atoms with van der Waals surface area (Å²) < 4.78 is 1.91. The molecule has 5 nitrogen and oxygen atoms in total. The first-order chi connectivity index (χ1) is 9.24. The fraction of sp³-hybridized carbons (Fsp3) is 0.571. The number of piperidine rings is 1. The Bertz CT molecular complexity index is 556. The molecular weight excluding hydrogens is 238 g/mol. The topological polar surface area (TPSA) is 45.5 Å². The van der Waals surface area contributed by atoms with E-state index in [9.17, 15) is 0 Å². The van der Waals surface area contributed by atoms with E-state index in [1.165, 1.54) is 12.8 Å². The van der Waals surface area contributed by atoms with Crippen molar-refractivity contribution in [3.05, 3.63) is 23.9 Å². The second-order valence-corrected chi connectivity index (χ2v) is 5.42. The zero-order valence-electron chi connectivity index (χ0n) is 11.6. The first kappa shape index (κ1) is 12.4. The molecule has 2 aromatic rings. The number of aryl methyl sites for hydroxylation is 1. The molecule has 0 aromatic carbocycles. The number of pyridine rings is 1. The molecule has 0 radical (unpaired) electrons. The molecule has 102 valence electrons. The Morgan fingerprint density at radius 1 is 1.37 bits per heavy atom. The van der Waals surface area contributed by atoms with Crippen LogP contribution in [0.5, 0.6) is 0 Å². The van der Waals surface area contributed by atoms with Gasteiger partial charge in [-0.05, 0) is 50.9 Å². The van der Waals surface area contributed by atoms with Crippen LogP contribution in [0.25, 0.3) is 5.65 Å². The van der Waals surface area contributed by atoms with Crippen LogP contribution in [-0.2, 0) is 0 Å². The lowest BCUT2D eigenvalue weighted by Gasteiger charge is -2.26. The van der Waals surface area contributed by atoms with Crippen LogP contribution in [0.3, 0.4) is 0 Å². The zero-order valence-corrected chi connectivity index (χ0v) is 11.6. The van der Waals surface area contributed by atoms with Gasteiger partial charge < -0.3 is 10.2 Å². The van der Waals surface area contributed by atoms with Crippen molar-refractivity contribution in [2.24, 2.45) is 5.92 Å². The number of hydrogen-bond donors (Lipinski definition) is 1. The van der Waals surface area contributed by atoms with Gasteiger partial charge in [-0.3, -0.25) is 0 Å². The summed E-state index contributed by atoms with van der Waals surface area (Å²) in [6.07, 6.45) is 2.49. The van der Waals surface area contributed by atoms with E-state index < -0.39 is 0 Å². The van der Waals surface area contributed by atoms with E-state index in [0.29, 0.717) is 0 Å². The number of anilines is 1. The third-order valence-electron chi connectivity index (χ3n) is 3.87. The predicted molar refractivity (Wildman–Crippen MR) is 76.6 cm³/mol. The van der Waals surface area contributed by atoms with Gasteiger partial charge in [0.2, 0.25) is 5.95 Å². The largest absolute Gasteiger partial charge is 0.342 e. The second-order valence-electron chi connectivity index (χ2n) is 5.42. The van der Waals surface area contributed by atoms with Crippen LogP contribution in [0.4, 0.5) is 5.95 Å². The number of nitrogens with zero attached hydrogens (tertiary/aromatic N) is 4. The molecule has 1 aliphatic heterocycles. The predicted octanol–water partition coefficient (Wildman–Crippen LogP) is 1.47. The van der Waals surface area contributed by atoms with Crippen LogP contribution in [0.2, 0.25) is 0 Å². The third-order valence-corrected chi connectivity index (χ3v) is 3.87. The molecule has 0 aliphatic carbocycles. The molecule has 1 N–H and O–H groups in total. The van der Waals surface area contributed by atoms with Crippen molar-refractivity contribution in [3.63, 3.8) is 0 Å². The third kappa shape index (κ3) is 2.56. The van der Waals surface area contributed by atoms with Crippen molar-refractivity contribution in [1.82, 2.24) is 19.9 Å². The molecule has 19 heavy (non-hydrogen) atoms. The Morgan fingerprint density at radius 3 is 2.89 bits per heavy atom. The highest BCUT2D eigenvalue weighted by atomic mass is 15.4. The summed E-state index contributed by atoms with van der Waals surface area (Å²) in [6.45, 7) is 5.36. The lowest BCUT2D eigenvalue weighted by molar-refractivity contribution is 0.377. The molecule has 0 spiro atoms. The van der Waals surface area contributed by atoms with Gasteiger partial charge in [-0.2, -0.15) is 4.98 Å². The maximum Gasteiger partial charge on any atom is 0.245 e. The van der Waals surface area contributed by atoms with Crippen molar-refractivity contribution in [2.45, 2.75) is 19.8 Å². The van der Waals surface area contributed by atoms with E-state index in [1.54, 1.807) is 0 Å². The van der Waals surface area contributed by atoms with Gasteiger partial charge in [-0.15, -0.1) is 5.10 Å². The summed E-state index contributed by atoms with van der Waals surface area (Å²) in [4.78, 5) is 6.78. The van der Waals surface area contributed by atoms with Gasteiger partial charge in [-0.1, -0.05) is 6.07 Å². The highest BCUT2D eigenvalue weighted by Gasteiger charge is 2.17. The first-order valence-corrected chi connectivity index (χ1v) is 6.98. The zero-order chi connectivity index (χ0) is 13.2. The van der Waals surface area contributed by atoms with Crippen molar-refractivity contribution in [3.8, 4) is 0 Å². The summed E-state index contributed by atoms with van der Waals surface area (Å²) in [5, 5.41) is 8.00. The van der Waals surface area contributed by atoms with Gasteiger partial charge in [-0.25, -0.2) is 4.52 Å². The Balaban J connectivity index is 1.77. The molecule has 1 aliphatic rings. The minimum Gasteiger partial charge on any atom is -0.342 e. The van der Waals surface area contributed by atoms with E-state index >= 15 is 0 Å². The molecule has 1 saturated heterocycles. The minimum atomic E-state index is 0.749. The molecule has 0 saturated carbocycles. The van der Waals surface area contributed by atoms with E-state index in [4.69, 9.17) is 0 Å². The highest BCUT2D eigenvalue weighted by molar-refractivity contribution is 5.45. The summed E-state index contributed by atoms with van der Waals surface area (Å²) in [7, 11) is 2.09. The van der Waals surface area contributed by atoms with Gasteiger partial charge in [0.25, 0.3) is 0 Å². The molecule has 0 amide bonds. The molecule has 3 rings (SSSR count). The van der Waals surface area contributed by atoms with Crippen LogP contribution in [0.1, 0.15) is 18.5 Å². The average molecular weight is 259 g/mol. The molecule has 0 bridgehead atoms. The van der Waals surface area contributed by atoms with Crippen molar-refractivity contribution < 1.29 is 0 Å². The average Bonchev–Trinajstić information content (AvgIpc) is 2.85. The monoisotopic (exact) mass is 259 g/mol. The Morgan fingerprint density at radius 2 is 2.16 bits per heavy atom. The standard InChI is InChI=1S/C14H21N5/c1-11-4-3-5-13-16-14(17-19(11)13)18(2)10-12-6-8-15-9-7-12/h3-5,12,15H,6-10H2,1-2H3. The second kappa shape index (κ2) is 5.17. The number of fused-ring (bicyclic) bond motifs is 1. The number of aromatic nitrogens is 3. The van der Waals surface area contributed by atoms with Crippen LogP contribution >= 0.6 is 0 Å². The lowest BCUT2D eigenvalue weighted by atomic mass is 9.98. The maximum absolute atomic E-state index is 4.60. The van der Waals surface area contributed by atoms with Gasteiger partial charge >= 0.3 is 0 Å². The van der Waals surface area contributed by atoms with Gasteiger partial charge in [0.05, 0.1) is 0 Å². The molecule has 0 atom stereocenters. The minimum absolute atomic E-state index is 0.749. The molecule has 2 aromatic heterocycles. The Hall–Kier alpha value is -1.62.